The van der Waals surface area contributed by atoms with Gasteiger partial charge in [-0.1, -0.05) is 13.0 Å². The number of nitrogens with zero attached hydrogens (tertiary/aromatic N) is 3. The Hall–Kier alpha value is -2.51. The van der Waals surface area contributed by atoms with Gasteiger partial charge in [0.25, 0.3) is 0 Å². The lowest BCUT2D eigenvalue weighted by atomic mass is 10.2. The molecule has 0 unspecified atom stereocenters. The maximum Gasteiger partial charge on any atom is 0.337 e. The Morgan fingerprint density at radius 3 is 2.89 bits per heavy atom. The molecule has 27 heavy (non-hydrogen) atoms. The number of thiophene rings is 1. The molecule has 1 N–H and O–H groups in total. The third-order valence-electron chi connectivity index (χ3n) is 4.29. The SMILES string of the molecule is CCc1cnc(CNCc2cc(C(=O)OC)cc(C)n2)n1Cc1cccs1. The van der Waals surface area contributed by atoms with E-state index in [1.807, 2.05) is 13.1 Å². The highest BCUT2D eigenvalue weighted by Crippen LogP contribution is 2.15. The van der Waals surface area contributed by atoms with Crippen LogP contribution in [-0.4, -0.2) is 27.6 Å². The largest absolute Gasteiger partial charge is 0.465 e. The molecule has 7 heteroatoms. The van der Waals surface area contributed by atoms with Gasteiger partial charge in [0.1, 0.15) is 5.82 Å². The number of hydrogen-bond acceptors (Lipinski definition) is 6. The summed E-state index contributed by atoms with van der Waals surface area (Å²) in [6.07, 6.45) is 2.89. The van der Waals surface area contributed by atoms with Crippen molar-refractivity contribution in [1.82, 2.24) is 19.9 Å². The highest BCUT2D eigenvalue weighted by atomic mass is 32.1. The number of imidazole rings is 1. The van der Waals surface area contributed by atoms with E-state index in [-0.39, 0.29) is 5.97 Å². The number of pyridine rings is 1. The molecular formula is C20H24N4O2S. The molecule has 0 amide bonds. The number of hydrogen-bond donors (Lipinski definition) is 1. The Morgan fingerprint density at radius 2 is 2.19 bits per heavy atom. The van der Waals surface area contributed by atoms with Crippen LogP contribution in [0.2, 0.25) is 0 Å². The minimum absolute atomic E-state index is 0.346. The predicted octanol–water partition coefficient (Wildman–Crippen LogP) is 3.34. The normalized spacial score (nSPS) is 10.9. The van der Waals surface area contributed by atoms with Crippen molar-refractivity contribution in [2.45, 2.75) is 39.9 Å². The van der Waals surface area contributed by atoms with E-state index in [9.17, 15) is 4.79 Å². The molecule has 142 valence electrons. The first-order valence-electron chi connectivity index (χ1n) is 8.93. The van der Waals surface area contributed by atoms with E-state index in [0.29, 0.717) is 18.7 Å². The van der Waals surface area contributed by atoms with E-state index in [1.165, 1.54) is 17.7 Å². The molecule has 6 nitrogen and oxygen atoms in total. The number of nitrogens with one attached hydrogen (secondary N) is 1. The maximum absolute atomic E-state index is 11.8. The third-order valence-corrected chi connectivity index (χ3v) is 5.16. The lowest BCUT2D eigenvalue weighted by Gasteiger charge is -2.11. The molecule has 3 aromatic rings. The summed E-state index contributed by atoms with van der Waals surface area (Å²) in [5.74, 6) is 0.655. The number of carbonyl (C=O) groups is 1. The van der Waals surface area contributed by atoms with E-state index in [0.717, 1.165) is 30.2 Å². The molecule has 0 aromatic carbocycles. The summed E-state index contributed by atoms with van der Waals surface area (Å²) >= 11 is 1.75. The topological polar surface area (TPSA) is 69.0 Å². The molecular weight excluding hydrogens is 360 g/mol. The molecule has 0 saturated heterocycles. The molecule has 0 fully saturated rings. The van der Waals surface area contributed by atoms with Crippen molar-refractivity contribution in [3.8, 4) is 0 Å². The van der Waals surface area contributed by atoms with Crippen LogP contribution in [0.15, 0.2) is 35.8 Å². The molecule has 0 atom stereocenters. The molecule has 0 aliphatic rings. The summed E-state index contributed by atoms with van der Waals surface area (Å²) in [6, 6.07) is 7.72. The molecule has 0 bridgehead atoms. The number of aryl methyl sites for hydroxylation is 2. The molecule has 3 rings (SSSR count). The average molecular weight is 385 g/mol. The van der Waals surface area contributed by atoms with Crippen molar-refractivity contribution in [3.63, 3.8) is 0 Å². The van der Waals surface area contributed by atoms with Crippen LogP contribution < -0.4 is 5.32 Å². The first-order chi connectivity index (χ1) is 13.1. The summed E-state index contributed by atoms with van der Waals surface area (Å²) in [7, 11) is 1.38. The van der Waals surface area contributed by atoms with Crippen LogP contribution in [0.4, 0.5) is 0 Å². The molecule has 0 radical (unpaired) electrons. The average Bonchev–Trinajstić information content (AvgIpc) is 3.31. The van der Waals surface area contributed by atoms with Gasteiger partial charge in [0.05, 0.1) is 31.5 Å². The Morgan fingerprint density at radius 1 is 1.33 bits per heavy atom. The Kier molecular flexibility index (Phi) is 6.36. The van der Waals surface area contributed by atoms with Gasteiger partial charge in [-0.2, -0.15) is 0 Å². The smallest absolute Gasteiger partial charge is 0.337 e. The van der Waals surface area contributed by atoms with E-state index >= 15 is 0 Å². The Bertz CT molecular complexity index is 903. The highest BCUT2D eigenvalue weighted by Gasteiger charge is 2.11. The second kappa shape index (κ2) is 8.92. The van der Waals surface area contributed by atoms with Gasteiger partial charge < -0.3 is 14.6 Å². The zero-order valence-corrected chi connectivity index (χ0v) is 16.7. The van der Waals surface area contributed by atoms with Gasteiger partial charge in [-0.3, -0.25) is 4.98 Å². The van der Waals surface area contributed by atoms with Crippen LogP contribution in [0, 0.1) is 6.92 Å². The van der Waals surface area contributed by atoms with Crippen LogP contribution in [-0.2, 0) is 30.8 Å². The molecule has 3 aromatic heterocycles. The van der Waals surface area contributed by atoms with Gasteiger partial charge in [0.15, 0.2) is 0 Å². The minimum atomic E-state index is -0.346. The van der Waals surface area contributed by atoms with E-state index < -0.39 is 0 Å². The molecule has 0 aliphatic carbocycles. The van der Waals surface area contributed by atoms with Crippen molar-refractivity contribution in [2.75, 3.05) is 7.11 Å². The van der Waals surface area contributed by atoms with Crippen LogP contribution in [0.3, 0.4) is 0 Å². The van der Waals surface area contributed by atoms with E-state index in [4.69, 9.17) is 4.74 Å². The van der Waals surface area contributed by atoms with Crippen LogP contribution >= 0.6 is 11.3 Å². The second-order valence-corrected chi connectivity index (χ2v) is 7.30. The van der Waals surface area contributed by atoms with Crippen LogP contribution in [0.25, 0.3) is 0 Å². The van der Waals surface area contributed by atoms with Gasteiger partial charge >= 0.3 is 5.97 Å². The first kappa shape index (κ1) is 19.3. The summed E-state index contributed by atoms with van der Waals surface area (Å²) in [4.78, 5) is 22.2. The van der Waals surface area contributed by atoms with Gasteiger partial charge in [0, 0.05) is 29.0 Å². The number of rotatable bonds is 8. The summed E-state index contributed by atoms with van der Waals surface area (Å²) < 4.78 is 7.07. The van der Waals surface area contributed by atoms with Gasteiger partial charge in [0.2, 0.25) is 0 Å². The number of ether oxygens (including phenoxy) is 1. The summed E-state index contributed by atoms with van der Waals surface area (Å²) in [6.45, 7) is 6.04. The molecule has 0 saturated carbocycles. The standard InChI is InChI=1S/C20H24N4O2S/c1-4-17-11-22-19(24(17)13-18-6-5-7-27-18)12-21-10-16-9-15(20(25)26-3)8-14(2)23-16/h5-9,11,21H,4,10,12-13H2,1-3H3. The second-order valence-electron chi connectivity index (χ2n) is 6.27. The van der Waals surface area contributed by atoms with Gasteiger partial charge in [-0.25, -0.2) is 9.78 Å². The van der Waals surface area contributed by atoms with Crippen LogP contribution in [0.1, 0.15) is 45.1 Å². The third kappa shape index (κ3) is 4.81. The lowest BCUT2D eigenvalue weighted by molar-refractivity contribution is 0.0600. The summed E-state index contributed by atoms with van der Waals surface area (Å²) in [5, 5.41) is 5.49. The highest BCUT2D eigenvalue weighted by molar-refractivity contribution is 7.09. The number of esters is 1. The van der Waals surface area contributed by atoms with Crippen molar-refractivity contribution >= 4 is 17.3 Å². The summed E-state index contributed by atoms with van der Waals surface area (Å²) in [5.41, 5.74) is 3.35. The monoisotopic (exact) mass is 384 g/mol. The molecule has 0 spiro atoms. The quantitative estimate of drug-likeness (QED) is 0.603. The number of methoxy groups -OCH3 is 1. The lowest BCUT2D eigenvalue weighted by Crippen LogP contribution is -2.19. The minimum Gasteiger partial charge on any atom is -0.465 e. The number of carbonyl (C=O) groups excluding carboxylic acids is 1. The first-order valence-corrected chi connectivity index (χ1v) is 9.81. The number of aromatic nitrogens is 3. The maximum atomic E-state index is 11.8. The fourth-order valence-electron chi connectivity index (χ4n) is 2.99. The molecule has 3 heterocycles. The Labute approximate surface area is 163 Å². The Balaban J connectivity index is 1.68. The zero-order valence-electron chi connectivity index (χ0n) is 15.9. The van der Waals surface area contributed by atoms with E-state index in [2.05, 4.69) is 44.3 Å². The van der Waals surface area contributed by atoms with Crippen LogP contribution in [0.5, 0.6) is 0 Å². The van der Waals surface area contributed by atoms with Gasteiger partial charge in [-0.05, 0) is 36.9 Å². The fraction of sp³-hybridized carbons (Fsp3) is 0.350. The van der Waals surface area contributed by atoms with Crippen molar-refractivity contribution < 1.29 is 9.53 Å². The van der Waals surface area contributed by atoms with Crippen molar-refractivity contribution in [3.05, 3.63) is 69.2 Å². The fourth-order valence-corrected chi connectivity index (χ4v) is 3.69. The predicted molar refractivity (Wildman–Crippen MR) is 106 cm³/mol. The van der Waals surface area contributed by atoms with Crippen molar-refractivity contribution in [1.29, 1.82) is 0 Å². The van der Waals surface area contributed by atoms with Gasteiger partial charge in [-0.15, -0.1) is 11.3 Å². The zero-order chi connectivity index (χ0) is 19.2. The van der Waals surface area contributed by atoms with E-state index in [1.54, 1.807) is 23.5 Å². The molecule has 0 aliphatic heterocycles. The van der Waals surface area contributed by atoms with Crippen molar-refractivity contribution in [2.24, 2.45) is 0 Å².